The van der Waals surface area contributed by atoms with E-state index in [1.807, 2.05) is 18.2 Å². The summed E-state index contributed by atoms with van der Waals surface area (Å²) in [5, 5.41) is 0. The van der Waals surface area contributed by atoms with Crippen LogP contribution in [0, 0.1) is 0 Å². The fraction of sp³-hybridized carbons (Fsp3) is 0.238. The largest absolute Gasteiger partial charge is 0.493 e. The van der Waals surface area contributed by atoms with Crippen molar-refractivity contribution in [2.24, 2.45) is 0 Å². The highest BCUT2D eigenvalue weighted by Gasteiger charge is 2.13. The van der Waals surface area contributed by atoms with Gasteiger partial charge in [0, 0.05) is 25.2 Å². The smallest absolute Gasteiger partial charge is 0.337 e. The summed E-state index contributed by atoms with van der Waals surface area (Å²) in [6, 6.07) is 12.4. The molecular formula is C21H23NO5. The van der Waals surface area contributed by atoms with Gasteiger partial charge >= 0.3 is 5.97 Å². The Balaban J connectivity index is 2.05. The molecule has 1 amide bonds. The molecule has 0 spiro atoms. The minimum absolute atomic E-state index is 0.156. The van der Waals surface area contributed by atoms with E-state index in [0.29, 0.717) is 23.6 Å². The second-order valence-electron chi connectivity index (χ2n) is 5.79. The molecule has 6 nitrogen and oxygen atoms in total. The first-order chi connectivity index (χ1) is 13.0. The molecule has 0 bridgehead atoms. The number of para-hydroxylation sites is 1. The molecule has 0 N–H and O–H groups in total. The number of likely N-dealkylation sites (N-methyl/N-ethyl adjacent to an activating group) is 1. The van der Waals surface area contributed by atoms with Gasteiger partial charge in [0.25, 0.3) is 0 Å². The van der Waals surface area contributed by atoms with Crippen molar-refractivity contribution in [2.75, 3.05) is 28.4 Å². The Morgan fingerprint density at radius 2 is 1.70 bits per heavy atom. The number of carbonyl (C=O) groups excluding carboxylic acids is 2. The van der Waals surface area contributed by atoms with Crippen molar-refractivity contribution in [2.45, 2.75) is 6.54 Å². The molecule has 0 radical (unpaired) electrons. The van der Waals surface area contributed by atoms with Gasteiger partial charge in [-0.1, -0.05) is 24.3 Å². The van der Waals surface area contributed by atoms with Crippen LogP contribution in [-0.2, 0) is 16.1 Å². The molecule has 0 saturated heterocycles. The Labute approximate surface area is 159 Å². The van der Waals surface area contributed by atoms with Crippen LogP contribution in [0.2, 0.25) is 0 Å². The van der Waals surface area contributed by atoms with Gasteiger partial charge in [-0.3, -0.25) is 4.79 Å². The van der Waals surface area contributed by atoms with Crippen LogP contribution in [0.4, 0.5) is 0 Å². The number of benzene rings is 2. The molecule has 0 aromatic heterocycles. The van der Waals surface area contributed by atoms with Gasteiger partial charge in [-0.05, 0) is 29.8 Å². The minimum Gasteiger partial charge on any atom is -0.493 e. The highest BCUT2D eigenvalue weighted by atomic mass is 16.5. The SMILES string of the molecule is COC(=O)c1ccc(C=CC(=O)N(C)Cc2cccc(OC)c2OC)cc1. The first kappa shape index (κ1) is 20.0. The Hall–Kier alpha value is -3.28. The average molecular weight is 369 g/mol. The number of methoxy groups -OCH3 is 3. The van der Waals surface area contributed by atoms with Gasteiger partial charge in [0.2, 0.25) is 5.91 Å². The third kappa shape index (κ3) is 5.10. The van der Waals surface area contributed by atoms with Gasteiger partial charge in [0.1, 0.15) is 0 Å². The topological polar surface area (TPSA) is 65.1 Å². The summed E-state index contributed by atoms with van der Waals surface area (Å²) in [4.78, 5) is 25.4. The van der Waals surface area contributed by atoms with E-state index in [1.54, 1.807) is 56.5 Å². The van der Waals surface area contributed by atoms with Crippen molar-refractivity contribution >= 4 is 18.0 Å². The standard InChI is InChI=1S/C21H23NO5/c1-22(14-17-6-5-7-18(25-2)20(17)26-3)19(23)13-10-15-8-11-16(12-9-15)21(24)27-4/h5-13H,14H2,1-4H3. The van der Waals surface area contributed by atoms with Crippen molar-refractivity contribution in [1.29, 1.82) is 0 Å². The molecule has 142 valence electrons. The number of carbonyl (C=O) groups is 2. The minimum atomic E-state index is -0.395. The molecule has 2 aromatic carbocycles. The van der Waals surface area contributed by atoms with E-state index in [1.165, 1.54) is 13.2 Å². The fourth-order valence-electron chi connectivity index (χ4n) is 2.55. The van der Waals surface area contributed by atoms with Crippen LogP contribution >= 0.6 is 0 Å². The molecule has 0 atom stereocenters. The van der Waals surface area contributed by atoms with Crippen molar-refractivity contribution in [3.05, 3.63) is 65.2 Å². The maximum atomic E-state index is 12.4. The lowest BCUT2D eigenvalue weighted by atomic mass is 10.1. The number of hydrogen-bond donors (Lipinski definition) is 0. The second-order valence-corrected chi connectivity index (χ2v) is 5.79. The van der Waals surface area contributed by atoms with Crippen LogP contribution in [0.5, 0.6) is 11.5 Å². The molecule has 0 fully saturated rings. The van der Waals surface area contributed by atoms with Gasteiger partial charge in [-0.15, -0.1) is 0 Å². The van der Waals surface area contributed by atoms with Crippen LogP contribution in [0.3, 0.4) is 0 Å². The van der Waals surface area contributed by atoms with Crippen molar-refractivity contribution in [1.82, 2.24) is 4.90 Å². The lowest BCUT2D eigenvalue weighted by Crippen LogP contribution is -2.24. The molecule has 0 aliphatic rings. The summed E-state index contributed by atoms with van der Waals surface area (Å²) in [5.41, 5.74) is 2.12. The number of nitrogens with zero attached hydrogens (tertiary/aromatic N) is 1. The molecular weight excluding hydrogens is 346 g/mol. The number of hydrogen-bond acceptors (Lipinski definition) is 5. The monoisotopic (exact) mass is 369 g/mol. The van der Waals surface area contributed by atoms with Crippen molar-refractivity contribution in [3.63, 3.8) is 0 Å². The van der Waals surface area contributed by atoms with E-state index in [0.717, 1.165) is 11.1 Å². The lowest BCUT2D eigenvalue weighted by Gasteiger charge is -2.18. The quantitative estimate of drug-likeness (QED) is 0.554. The zero-order chi connectivity index (χ0) is 19.8. The van der Waals surface area contributed by atoms with Crippen LogP contribution < -0.4 is 9.47 Å². The lowest BCUT2D eigenvalue weighted by molar-refractivity contribution is -0.125. The average Bonchev–Trinajstić information content (AvgIpc) is 2.71. The predicted molar refractivity (Wildman–Crippen MR) is 103 cm³/mol. The van der Waals surface area contributed by atoms with Crippen LogP contribution in [-0.4, -0.2) is 45.2 Å². The molecule has 6 heteroatoms. The molecule has 0 aliphatic carbocycles. The molecule has 0 unspecified atom stereocenters. The molecule has 0 heterocycles. The first-order valence-electron chi connectivity index (χ1n) is 8.31. The van der Waals surface area contributed by atoms with Gasteiger partial charge < -0.3 is 19.1 Å². The molecule has 0 saturated carbocycles. The summed E-state index contributed by atoms with van der Waals surface area (Å²) < 4.78 is 15.3. The first-order valence-corrected chi connectivity index (χ1v) is 8.31. The zero-order valence-corrected chi connectivity index (χ0v) is 15.9. The number of ether oxygens (including phenoxy) is 3. The summed E-state index contributed by atoms with van der Waals surface area (Å²) in [6.45, 7) is 0.380. The van der Waals surface area contributed by atoms with Crippen LogP contribution in [0.1, 0.15) is 21.5 Å². The number of rotatable bonds is 7. The summed E-state index contributed by atoms with van der Waals surface area (Å²) in [7, 11) is 6.19. The van der Waals surface area contributed by atoms with E-state index >= 15 is 0 Å². The third-order valence-electron chi connectivity index (χ3n) is 4.02. The van der Waals surface area contributed by atoms with E-state index in [2.05, 4.69) is 4.74 Å². The zero-order valence-electron chi connectivity index (χ0n) is 15.9. The summed E-state index contributed by atoms with van der Waals surface area (Å²) in [6.07, 6.45) is 3.18. The number of amides is 1. The van der Waals surface area contributed by atoms with E-state index in [4.69, 9.17) is 9.47 Å². The molecule has 27 heavy (non-hydrogen) atoms. The number of esters is 1. The fourth-order valence-corrected chi connectivity index (χ4v) is 2.55. The Morgan fingerprint density at radius 1 is 1.00 bits per heavy atom. The summed E-state index contributed by atoms with van der Waals surface area (Å²) in [5.74, 6) is 0.685. The Bertz CT molecular complexity index is 827. The predicted octanol–water partition coefficient (Wildman–Crippen LogP) is 3.16. The van der Waals surface area contributed by atoms with Crippen LogP contribution in [0.25, 0.3) is 6.08 Å². The Kier molecular flexibility index (Phi) is 7.00. The molecule has 2 aromatic rings. The van der Waals surface area contributed by atoms with Crippen molar-refractivity contribution < 1.29 is 23.8 Å². The maximum absolute atomic E-state index is 12.4. The van der Waals surface area contributed by atoms with E-state index in [-0.39, 0.29) is 5.91 Å². The van der Waals surface area contributed by atoms with Gasteiger partial charge in [0.05, 0.1) is 26.9 Å². The second kappa shape index (κ2) is 9.43. The normalized spacial score (nSPS) is 10.5. The summed E-state index contributed by atoms with van der Waals surface area (Å²) >= 11 is 0. The maximum Gasteiger partial charge on any atom is 0.337 e. The molecule has 0 aliphatic heterocycles. The van der Waals surface area contributed by atoms with Gasteiger partial charge in [-0.25, -0.2) is 4.79 Å². The van der Waals surface area contributed by atoms with Gasteiger partial charge in [-0.2, -0.15) is 0 Å². The van der Waals surface area contributed by atoms with Crippen molar-refractivity contribution in [3.8, 4) is 11.5 Å². The highest BCUT2D eigenvalue weighted by Crippen LogP contribution is 2.31. The van der Waals surface area contributed by atoms with E-state index < -0.39 is 5.97 Å². The third-order valence-corrected chi connectivity index (χ3v) is 4.02. The molecule has 2 rings (SSSR count). The van der Waals surface area contributed by atoms with E-state index in [9.17, 15) is 9.59 Å². The Morgan fingerprint density at radius 3 is 2.30 bits per heavy atom. The highest BCUT2D eigenvalue weighted by molar-refractivity contribution is 5.92. The van der Waals surface area contributed by atoms with Gasteiger partial charge in [0.15, 0.2) is 11.5 Å². The van der Waals surface area contributed by atoms with Crippen LogP contribution in [0.15, 0.2) is 48.5 Å².